The molecule has 5 heteroatoms. The molecule has 0 radical (unpaired) electrons. The molecular formula is C48H73N3O2. The van der Waals surface area contributed by atoms with E-state index in [1.807, 2.05) is 39.0 Å². The molecule has 4 aromatic carbocycles. The fourth-order valence-corrected chi connectivity index (χ4v) is 7.30. The molecule has 0 bridgehead atoms. The van der Waals surface area contributed by atoms with E-state index in [2.05, 4.69) is 113 Å². The number of aromatic hydroxyl groups is 2. The van der Waals surface area contributed by atoms with Crippen LogP contribution in [0.15, 0.2) is 66.7 Å². The molecule has 292 valence electrons. The van der Waals surface area contributed by atoms with Crippen molar-refractivity contribution in [3.05, 3.63) is 128 Å². The van der Waals surface area contributed by atoms with Crippen LogP contribution in [0.1, 0.15) is 109 Å². The van der Waals surface area contributed by atoms with Gasteiger partial charge < -0.3 is 10.2 Å². The Hall–Kier alpha value is -3.64. The molecule has 4 aromatic rings. The summed E-state index contributed by atoms with van der Waals surface area (Å²) in [5.41, 5.74) is 14.3. The Morgan fingerprint density at radius 3 is 1.38 bits per heavy atom. The first-order chi connectivity index (χ1) is 25.3. The third kappa shape index (κ3) is 15.7. The summed E-state index contributed by atoms with van der Waals surface area (Å²) >= 11 is 0. The van der Waals surface area contributed by atoms with Crippen LogP contribution in [0, 0.1) is 48.5 Å². The van der Waals surface area contributed by atoms with Crippen molar-refractivity contribution in [2.24, 2.45) is 0 Å². The lowest BCUT2D eigenvalue weighted by atomic mass is 9.98. The van der Waals surface area contributed by atoms with Gasteiger partial charge in [-0.2, -0.15) is 0 Å². The van der Waals surface area contributed by atoms with Gasteiger partial charge >= 0.3 is 0 Å². The molecule has 0 aliphatic carbocycles. The third-order valence-electron chi connectivity index (χ3n) is 9.95. The number of phenolic OH excluding ortho intramolecular Hbond substituents is 2. The highest BCUT2D eigenvalue weighted by molar-refractivity contribution is 5.42. The van der Waals surface area contributed by atoms with E-state index in [1.165, 1.54) is 44.5 Å². The van der Waals surface area contributed by atoms with Gasteiger partial charge in [-0.1, -0.05) is 94.3 Å². The lowest BCUT2D eigenvalue weighted by Crippen LogP contribution is -2.39. The summed E-state index contributed by atoms with van der Waals surface area (Å²) in [4.78, 5) is 7.60. The summed E-state index contributed by atoms with van der Waals surface area (Å²) in [5, 5.41) is 20.5. The van der Waals surface area contributed by atoms with Gasteiger partial charge in [-0.15, -0.1) is 0 Å². The van der Waals surface area contributed by atoms with Crippen molar-refractivity contribution in [1.29, 1.82) is 0 Å². The average Bonchev–Trinajstić information content (AvgIpc) is 3.10. The second-order valence-corrected chi connectivity index (χ2v) is 14.7. The van der Waals surface area contributed by atoms with Crippen LogP contribution >= 0.6 is 0 Å². The Kier molecular flexibility index (Phi) is 20.5. The van der Waals surface area contributed by atoms with Crippen molar-refractivity contribution in [3.63, 3.8) is 0 Å². The molecule has 0 atom stereocenters. The predicted octanol–water partition coefficient (Wildman–Crippen LogP) is 11.2. The molecule has 0 saturated carbocycles. The number of rotatable bonds is 17. The van der Waals surface area contributed by atoms with Crippen LogP contribution in [-0.2, 0) is 26.1 Å². The molecule has 2 N–H and O–H groups in total. The summed E-state index contributed by atoms with van der Waals surface area (Å²) in [6, 6.07) is 23.0. The van der Waals surface area contributed by atoms with Gasteiger partial charge in [-0.05, 0) is 144 Å². The highest BCUT2D eigenvalue weighted by Crippen LogP contribution is 2.25. The fourth-order valence-electron chi connectivity index (χ4n) is 7.30. The summed E-state index contributed by atoms with van der Waals surface area (Å²) in [6.45, 7) is 34.2. The van der Waals surface area contributed by atoms with Gasteiger partial charge in [-0.25, -0.2) is 0 Å². The fraction of sp³-hybridized carbons (Fsp3) is 0.500. The number of hydrogen-bond donors (Lipinski definition) is 2. The SMILES string of the molecule is CC.CCCN(CCN(CCN(CCC)Cc1c(C)cc(C)cc1O)Cc1ccc(O)cc1)Cc1ccc(C)cc1C.CCc1c(C)cc(C)cc1C. The summed E-state index contributed by atoms with van der Waals surface area (Å²) < 4.78 is 0. The van der Waals surface area contributed by atoms with E-state index in [9.17, 15) is 10.2 Å². The van der Waals surface area contributed by atoms with E-state index in [1.54, 1.807) is 12.1 Å². The molecule has 4 rings (SSSR count). The smallest absolute Gasteiger partial charge is 0.120 e. The lowest BCUT2D eigenvalue weighted by molar-refractivity contribution is 0.163. The van der Waals surface area contributed by atoms with Crippen molar-refractivity contribution >= 4 is 0 Å². The third-order valence-corrected chi connectivity index (χ3v) is 9.95. The molecule has 0 aromatic heterocycles. The zero-order valence-corrected chi connectivity index (χ0v) is 35.6. The minimum Gasteiger partial charge on any atom is -0.508 e. The molecule has 53 heavy (non-hydrogen) atoms. The highest BCUT2D eigenvalue weighted by atomic mass is 16.3. The molecular weight excluding hydrogens is 651 g/mol. The van der Waals surface area contributed by atoms with E-state index in [4.69, 9.17) is 0 Å². The van der Waals surface area contributed by atoms with E-state index < -0.39 is 0 Å². The van der Waals surface area contributed by atoms with Gasteiger partial charge in [0.25, 0.3) is 0 Å². The Bertz CT molecular complexity index is 1600. The normalized spacial score (nSPS) is 11.1. The van der Waals surface area contributed by atoms with E-state index in [0.717, 1.165) is 94.9 Å². The Morgan fingerprint density at radius 2 is 0.906 bits per heavy atom. The topological polar surface area (TPSA) is 50.2 Å². The number of hydrogen-bond acceptors (Lipinski definition) is 5. The lowest BCUT2D eigenvalue weighted by Gasteiger charge is -2.31. The molecule has 0 spiro atoms. The quantitative estimate of drug-likeness (QED) is 0.114. The van der Waals surface area contributed by atoms with E-state index in [0.29, 0.717) is 11.5 Å². The van der Waals surface area contributed by atoms with Gasteiger partial charge in [0.15, 0.2) is 0 Å². The molecule has 0 fully saturated rings. The van der Waals surface area contributed by atoms with Crippen LogP contribution in [0.2, 0.25) is 0 Å². The highest BCUT2D eigenvalue weighted by Gasteiger charge is 2.16. The summed E-state index contributed by atoms with van der Waals surface area (Å²) in [6.07, 6.45) is 3.36. The first kappa shape index (κ1) is 45.5. The van der Waals surface area contributed by atoms with Crippen molar-refractivity contribution in [1.82, 2.24) is 14.7 Å². The van der Waals surface area contributed by atoms with Crippen LogP contribution in [0.5, 0.6) is 11.5 Å². The van der Waals surface area contributed by atoms with E-state index >= 15 is 0 Å². The van der Waals surface area contributed by atoms with Crippen molar-refractivity contribution in [2.45, 2.75) is 122 Å². The van der Waals surface area contributed by atoms with Crippen molar-refractivity contribution < 1.29 is 10.2 Å². The zero-order chi connectivity index (χ0) is 39.5. The second-order valence-electron chi connectivity index (χ2n) is 14.7. The maximum absolute atomic E-state index is 10.7. The monoisotopic (exact) mass is 724 g/mol. The second kappa shape index (κ2) is 23.9. The maximum Gasteiger partial charge on any atom is 0.120 e. The van der Waals surface area contributed by atoms with Crippen LogP contribution in [0.4, 0.5) is 0 Å². The van der Waals surface area contributed by atoms with Gasteiger partial charge in [0.2, 0.25) is 0 Å². The molecule has 0 heterocycles. The summed E-state index contributed by atoms with van der Waals surface area (Å²) in [7, 11) is 0. The van der Waals surface area contributed by atoms with Crippen LogP contribution in [0.3, 0.4) is 0 Å². The molecule has 0 unspecified atom stereocenters. The number of phenols is 2. The largest absolute Gasteiger partial charge is 0.508 e. The van der Waals surface area contributed by atoms with E-state index in [-0.39, 0.29) is 0 Å². The Morgan fingerprint density at radius 1 is 0.453 bits per heavy atom. The van der Waals surface area contributed by atoms with Gasteiger partial charge in [0.05, 0.1) is 0 Å². The molecule has 0 amide bonds. The molecule has 5 nitrogen and oxygen atoms in total. The summed E-state index contributed by atoms with van der Waals surface area (Å²) in [5.74, 6) is 0.710. The first-order valence-electron chi connectivity index (χ1n) is 20.2. The number of nitrogens with zero attached hydrogens (tertiary/aromatic N) is 3. The van der Waals surface area contributed by atoms with Gasteiger partial charge in [0.1, 0.15) is 11.5 Å². The van der Waals surface area contributed by atoms with Crippen molar-refractivity contribution in [3.8, 4) is 11.5 Å². The van der Waals surface area contributed by atoms with Crippen molar-refractivity contribution in [2.75, 3.05) is 39.3 Å². The predicted molar refractivity (Wildman–Crippen MR) is 229 cm³/mol. The van der Waals surface area contributed by atoms with Gasteiger partial charge in [0, 0.05) is 51.4 Å². The van der Waals surface area contributed by atoms with Crippen LogP contribution < -0.4 is 0 Å². The first-order valence-corrected chi connectivity index (χ1v) is 20.2. The number of aryl methyl sites for hydroxylation is 7. The van der Waals surface area contributed by atoms with Crippen LogP contribution in [0.25, 0.3) is 0 Å². The Balaban J connectivity index is 0.000000632. The van der Waals surface area contributed by atoms with Crippen LogP contribution in [-0.4, -0.2) is 64.2 Å². The minimum atomic E-state index is 0.306. The standard InChI is InChI=1S/C35H51N3O2.C11H16.C2H6/c1-7-15-36(25-32-12-9-27(3)21-29(32)5)17-19-38(24-31-10-13-33(39)14-11-31)20-18-37(16-8-2)26-34-30(6)22-28(4)23-35(34)40;1-5-11-9(3)6-8(2)7-10(11)4;1-2/h9-14,21-23,39-40H,7-8,15-20,24-26H2,1-6H3;6-7H,5H2,1-4H3;1-2H3. The zero-order valence-electron chi connectivity index (χ0n) is 35.6. The molecule has 0 aliphatic rings. The molecule has 0 aliphatic heterocycles. The maximum atomic E-state index is 10.7. The molecule has 0 saturated heterocycles. The number of benzene rings is 4. The van der Waals surface area contributed by atoms with Gasteiger partial charge in [-0.3, -0.25) is 14.7 Å². The average molecular weight is 724 g/mol. The Labute approximate surface area is 324 Å². The minimum absolute atomic E-state index is 0.306.